The van der Waals surface area contributed by atoms with Gasteiger partial charge in [0.05, 0.1) is 16.6 Å². The summed E-state index contributed by atoms with van der Waals surface area (Å²) in [7, 11) is 0. The Morgan fingerprint density at radius 2 is 1.85 bits per heavy atom. The van der Waals surface area contributed by atoms with E-state index in [4.69, 9.17) is 23.2 Å². The molecule has 0 radical (unpaired) electrons. The molecule has 9 heteroatoms. The first-order valence-electron chi connectivity index (χ1n) is 8.72. The Morgan fingerprint density at radius 3 is 2.37 bits per heavy atom. The van der Waals surface area contributed by atoms with E-state index in [0.29, 0.717) is 41.6 Å². The molecule has 2 aromatic heterocycles. The van der Waals surface area contributed by atoms with Gasteiger partial charge in [0.15, 0.2) is 0 Å². The van der Waals surface area contributed by atoms with Gasteiger partial charge in [0.25, 0.3) is 5.56 Å². The van der Waals surface area contributed by atoms with Crippen LogP contribution in [0.5, 0.6) is 0 Å². The molecule has 0 aromatic carbocycles. The number of rotatable bonds is 3. The Balaban J connectivity index is 2.05. The van der Waals surface area contributed by atoms with Crippen LogP contribution in [0.2, 0.25) is 10.0 Å². The molecule has 0 spiro atoms. The quantitative estimate of drug-likeness (QED) is 0.674. The minimum Gasteiger partial charge on any atom is -0.267 e. The first kappa shape index (κ1) is 20.1. The highest BCUT2D eigenvalue weighted by Crippen LogP contribution is 2.42. The lowest BCUT2D eigenvalue weighted by Gasteiger charge is -2.30. The smallest absolute Gasteiger partial charge is 0.267 e. The summed E-state index contributed by atoms with van der Waals surface area (Å²) in [5.41, 5.74) is -0.0221. The maximum absolute atomic E-state index is 13.0. The fourth-order valence-electron chi connectivity index (χ4n) is 3.47. The van der Waals surface area contributed by atoms with E-state index in [1.165, 1.54) is 10.8 Å². The molecule has 0 bridgehead atoms. The summed E-state index contributed by atoms with van der Waals surface area (Å²) in [6, 6.07) is 3.15. The van der Waals surface area contributed by atoms with Gasteiger partial charge in [0.1, 0.15) is 16.7 Å². The van der Waals surface area contributed by atoms with Crippen molar-refractivity contribution in [2.75, 3.05) is 0 Å². The number of aromatic nitrogens is 3. The zero-order chi connectivity index (χ0) is 19.8. The van der Waals surface area contributed by atoms with Crippen LogP contribution in [0.4, 0.5) is 13.2 Å². The normalized spacial score (nSPS) is 20.7. The lowest BCUT2D eigenvalue weighted by molar-refractivity contribution is -0.182. The topological polar surface area (TPSA) is 47.8 Å². The van der Waals surface area contributed by atoms with Gasteiger partial charge in [-0.1, -0.05) is 30.1 Å². The standard InChI is InChI=1S/C18H18Cl2F3N3O/c1-2-13-15(20)17(27)26(14-8-7-12(19)9-24-14)16(25-13)10-3-5-11(6-4-10)18(21,22)23/h7-11H,2-6H2,1H3. The molecule has 0 saturated heterocycles. The van der Waals surface area contributed by atoms with Gasteiger partial charge in [-0.2, -0.15) is 13.2 Å². The van der Waals surface area contributed by atoms with Crippen LogP contribution in [0.25, 0.3) is 5.82 Å². The Kier molecular flexibility index (Phi) is 5.82. The number of alkyl halides is 3. The summed E-state index contributed by atoms with van der Waals surface area (Å²) in [6.07, 6.45) is -1.71. The van der Waals surface area contributed by atoms with Gasteiger partial charge < -0.3 is 0 Å². The second-order valence-electron chi connectivity index (χ2n) is 6.65. The van der Waals surface area contributed by atoms with Gasteiger partial charge >= 0.3 is 6.18 Å². The highest BCUT2D eigenvalue weighted by molar-refractivity contribution is 6.31. The number of halogens is 5. The first-order valence-corrected chi connectivity index (χ1v) is 9.48. The van der Waals surface area contributed by atoms with E-state index >= 15 is 0 Å². The molecule has 1 aliphatic carbocycles. The molecule has 0 unspecified atom stereocenters. The first-order chi connectivity index (χ1) is 12.7. The molecule has 27 heavy (non-hydrogen) atoms. The van der Waals surface area contributed by atoms with Crippen LogP contribution >= 0.6 is 23.2 Å². The molecular formula is C18H18Cl2F3N3O. The lowest BCUT2D eigenvalue weighted by atomic mass is 9.81. The van der Waals surface area contributed by atoms with E-state index in [9.17, 15) is 18.0 Å². The third kappa shape index (κ3) is 4.14. The Morgan fingerprint density at radius 1 is 1.19 bits per heavy atom. The predicted octanol–water partition coefficient (Wildman–Crippen LogP) is 5.33. The van der Waals surface area contributed by atoms with E-state index in [-0.39, 0.29) is 23.8 Å². The average Bonchev–Trinajstić information content (AvgIpc) is 2.64. The number of nitrogens with zero attached hydrogens (tertiary/aromatic N) is 3. The molecule has 2 heterocycles. The lowest BCUT2D eigenvalue weighted by Crippen LogP contribution is -2.32. The van der Waals surface area contributed by atoms with Crippen molar-refractivity contribution < 1.29 is 13.2 Å². The highest BCUT2D eigenvalue weighted by Gasteiger charge is 2.42. The van der Waals surface area contributed by atoms with Crippen molar-refractivity contribution in [2.24, 2.45) is 5.92 Å². The summed E-state index contributed by atoms with van der Waals surface area (Å²) in [4.78, 5) is 21.6. The van der Waals surface area contributed by atoms with Gasteiger partial charge in [0.2, 0.25) is 0 Å². The van der Waals surface area contributed by atoms with E-state index in [1.807, 2.05) is 6.92 Å². The fraction of sp³-hybridized carbons (Fsp3) is 0.500. The third-order valence-corrected chi connectivity index (χ3v) is 5.56. The van der Waals surface area contributed by atoms with Crippen molar-refractivity contribution in [3.8, 4) is 5.82 Å². The maximum atomic E-state index is 13.0. The third-order valence-electron chi connectivity index (χ3n) is 4.95. The molecule has 1 saturated carbocycles. The van der Waals surface area contributed by atoms with E-state index < -0.39 is 17.7 Å². The molecule has 0 N–H and O–H groups in total. The summed E-state index contributed by atoms with van der Waals surface area (Å²) < 4.78 is 40.2. The number of aryl methyl sites for hydroxylation is 1. The van der Waals surface area contributed by atoms with Gasteiger partial charge in [-0.25, -0.2) is 14.5 Å². The molecule has 4 nitrogen and oxygen atoms in total. The molecular weight excluding hydrogens is 402 g/mol. The number of pyridine rings is 1. The van der Waals surface area contributed by atoms with Crippen LogP contribution in [-0.4, -0.2) is 20.7 Å². The average molecular weight is 420 g/mol. The monoisotopic (exact) mass is 419 g/mol. The van der Waals surface area contributed by atoms with Crippen molar-refractivity contribution in [1.82, 2.24) is 14.5 Å². The zero-order valence-electron chi connectivity index (χ0n) is 14.6. The SMILES string of the molecule is CCc1nc(C2CCC(C(F)(F)F)CC2)n(-c2ccc(Cl)cn2)c(=O)c1Cl. The molecule has 2 aromatic rings. The van der Waals surface area contributed by atoms with Crippen LogP contribution in [0.1, 0.15) is 50.0 Å². The largest absolute Gasteiger partial charge is 0.391 e. The van der Waals surface area contributed by atoms with Crippen molar-refractivity contribution in [3.63, 3.8) is 0 Å². The minimum atomic E-state index is -4.19. The minimum absolute atomic E-state index is 0.00183. The van der Waals surface area contributed by atoms with E-state index in [0.717, 1.165) is 0 Å². The van der Waals surface area contributed by atoms with Gasteiger partial charge in [-0.3, -0.25) is 4.79 Å². The van der Waals surface area contributed by atoms with Crippen LogP contribution < -0.4 is 5.56 Å². The maximum Gasteiger partial charge on any atom is 0.391 e. The Hall–Kier alpha value is -1.60. The Labute approximate surface area is 164 Å². The van der Waals surface area contributed by atoms with Crippen molar-refractivity contribution in [1.29, 1.82) is 0 Å². The van der Waals surface area contributed by atoms with Gasteiger partial charge in [0, 0.05) is 12.1 Å². The Bertz CT molecular complexity index is 873. The molecule has 0 aliphatic heterocycles. The molecule has 3 rings (SSSR count). The predicted molar refractivity (Wildman–Crippen MR) is 97.8 cm³/mol. The molecule has 0 amide bonds. The molecule has 1 fully saturated rings. The van der Waals surface area contributed by atoms with Gasteiger partial charge in [-0.15, -0.1) is 0 Å². The summed E-state index contributed by atoms with van der Waals surface area (Å²) in [5, 5.41) is 0.408. The van der Waals surface area contributed by atoms with E-state index in [2.05, 4.69) is 9.97 Å². The summed E-state index contributed by atoms with van der Waals surface area (Å²) in [5.74, 6) is -0.858. The second kappa shape index (κ2) is 7.80. The number of hydrogen-bond acceptors (Lipinski definition) is 3. The van der Waals surface area contributed by atoms with Crippen molar-refractivity contribution in [3.05, 3.63) is 50.2 Å². The number of hydrogen-bond donors (Lipinski definition) is 0. The second-order valence-corrected chi connectivity index (χ2v) is 7.46. The van der Waals surface area contributed by atoms with E-state index in [1.54, 1.807) is 12.1 Å². The van der Waals surface area contributed by atoms with Crippen LogP contribution in [0.3, 0.4) is 0 Å². The van der Waals surface area contributed by atoms with Crippen LogP contribution in [-0.2, 0) is 6.42 Å². The highest BCUT2D eigenvalue weighted by atomic mass is 35.5. The fourth-order valence-corrected chi connectivity index (χ4v) is 3.84. The van der Waals surface area contributed by atoms with Crippen molar-refractivity contribution >= 4 is 23.2 Å². The van der Waals surface area contributed by atoms with Crippen molar-refractivity contribution in [2.45, 2.75) is 51.1 Å². The van der Waals surface area contributed by atoms with Crippen LogP contribution in [0, 0.1) is 5.92 Å². The summed E-state index contributed by atoms with van der Waals surface area (Å²) in [6.45, 7) is 1.82. The molecule has 1 aliphatic rings. The van der Waals surface area contributed by atoms with Crippen LogP contribution in [0.15, 0.2) is 23.1 Å². The zero-order valence-corrected chi connectivity index (χ0v) is 16.1. The molecule has 0 atom stereocenters. The molecule has 146 valence electrons. The summed E-state index contributed by atoms with van der Waals surface area (Å²) >= 11 is 12.0. The van der Waals surface area contributed by atoms with Gasteiger partial charge in [-0.05, 0) is 44.2 Å².